The van der Waals surface area contributed by atoms with E-state index in [9.17, 15) is 9.59 Å². The number of carbonyl (C=O) groups excluding carboxylic acids is 2. The first-order valence-electron chi connectivity index (χ1n) is 8.19. The van der Waals surface area contributed by atoms with Gasteiger partial charge < -0.3 is 9.64 Å². The lowest BCUT2D eigenvalue weighted by molar-refractivity contribution is -0.133. The predicted molar refractivity (Wildman–Crippen MR) is 97.4 cm³/mol. The monoisotopic (exact) mass is 413 g/mol. The van der Waals surface area contributed by atoms with Crippen molar-refractivity contribution in [1.29, 1.82) is 0 Å². The molecular weight excluding hydrogens is 394 g/mol. The van der Waals surface area contributed by atoms with Crippen LogP contribution in [0.5, 0.6) is 5.75 Å². The second-order valence-corrected chi connectivity index (χ2v) is 8.58. The van der Waals surface area contributed by atoms with Crippen molar-refractivity contribution in [3.8, 4) is 5.75 Å². The predicted octanol–water partition coefficient (Wildman–Crippen LogP) is 4.07. The molecule has 2 aliphatic rings. The minimum absolute atomic E-state index is 0.0873. The van der Waals surface area contributed by atoms with Gasteiger partial charge in [-0.05, 0) is 38.0 Å². The van der Waals surface area contributed by atoms with Gasteiger partial charge in [-0.3, -0.25) is 9.59 Å². The number of piperidine rings is 1. The molecule has 1 spiro atoms. The summed E-state index contributed by atoms with van der Waals surface area (Å²) in [6.07, 6.45) is 1.70. The normalized spacial score (nSPS) is 20.5. The highest BCUT2D eigenvalue weighted by atomic mass is 79.9. The largest absolute Gasteiger partial charge is 0.486 e. The second kappa shape index (κ2) is 6.34. The maximum atomic E-state index is 12.7. The van der Waals surface area contributed by atoms with Crippen LogP contribution in [0.3, 0.4) is 0 Å². The Kier molecular flexibility index (Phi) is 4.69. The third kappa shape index (κ3) is 2.97. The molecule has 1 atom stereocenters. The van der Waals surface area contributed by atoms with Crippen molar-refractivity contribution in [2.45, 2.75) is 50.5 Å². The van der Waals surface area contributed by atoms with Gasteiger partial charge in [-0.25, -0.2) is 0 Å². The lowest BCUT2D eigenvalue weighted by atomic mass is 9.81. The number of hydrogen-bond donors (Lipinski definition) is 0. The Hall–Kier alpha value is -1.07. The number of halogens is 2. The van der Waals surface area contributed by atoms with Gasteiger partial charge >= 0.3 is 0 Å². The van der Waals surface area contributed by atoms with Crippen molar-refractivity contribution in [3.63, 3.8) is 0 Å². The number of likely N-dealkylation sites (tertiary alicyclic amines) is 1. The fraction of sp³-hybridized carbons (Fsp3) is 0.556. The van der Waals surface area contributed by atoms with Gasteiger partial charge in [0, 0.05) is 31.0 Å². The molecule has 1 unspecified atom stereocenters. The molecule has 0 aliphatic carbocycles. The van der Waals surface area contributed by atoms with Crippen LogP contribution in [0.2, 0.25) is 5.02 Å². The Morgan fingerprint density at radius 3 is 2.58 bits per heavy atom. The maximum absolute atomic E-state index is 12.7. The van der Waals surface area contributed by atoms with Crippen LogP contribution in [-0.2, 0) is 4.79 Å². The Bertz CT molecular complexity index is 709. The summed E-state index contributed by atoms with van der Waals surface area (Å²) in [6, 6.07) is 1.86. The third-order valence-corrected chi connectivity index (χ3v) is 6.03. The highest BCUT2D eigenvalue weighted by molar-refractivity contribution is 9.10. The van der Waals surface area contributed by atoms with Crippen LogP contribution >= 0.6 is 27.5 Å². The summed E-state index contributed by atoms with van der Waals surface area (Å²) >= 11 is 9.61. The number of aryl methyl sites for hydroxylation is 1. The molecule has 2 heterocycles. The number of alkyl halides is 1. The second-order valence-electron chi connectivity index (χ2n) is 6.83. The van der Waals surface area contributed by atoms with Crippen LogP contribution in [-0.4, -0.2) is 40.1 Å². The van der Waals surface area contributed by atoms with E-state index in [-0.39, 0.29) is 16.5 Å². The number of ketones is 1. The summed E-state index contributed by atoms with van der Waals surface area (Å²) in [4.78, 5) is 26.5. The molecule has 1 aromatic rings. The highest BCUT2D eigenvalue weighted by Gasteiger charge is 2.44. The first-order chi connectivity index (χ1) is 11.2. The van der Waals surface area contributed by atoms with Crippen LogP contribution < -0.4 is 4.74 Å². The molecule has 1 aromatic carbocycles. The van der Waals surface area contributed by atoms with Gasteiger partial charge in [-0.1, -0.05) is 27.5 Å². The summed E-state index contributed by atoms with van der Waals surface area (Å²) in [5, 5.41) is 0.633. The number of nitrogens with zero attached hydrogens (tertiary/aromatic N) is 1. The third-order valence-electron chi connectivity index (χ3n) is 5.06. The zero-order valence-electron chi connectivity index (χ0n) is 14.1. The van der Waals surface area contributed by atoms with Gasteiger partial charge in [-0.2, -0.15) is 0 Å². The SMILES string of the molecule is Cc1cc2c(c(C)c1Cl)C(=O)CC1(CCN(C(=O)C(C)Br)CC1)O2. The summed E-state index contributed by atoms with van der Waals surface area (Å²) < 4.78 is 6.31. The van der Waals surface area contributed by atoms with Gasteiger partial charge in [0.15, 0.2) is 5.78 Å². The zero-order chi connectivity index (χ0) is 17.6. The quantitative estimate of drug-likeness (QED) is 0.651. The number of Topliss-reactive ketones (excluding diaryl/α,β-unsaturated/α-hetero) is 1. The number of rotatable bonds is 1. The van der Waals surface area contributed by atoms with Gasteiger partial charge in [0.2, 0.25) is 5.91 Å². The van der Waals surface area contributed by atoms with Gasteiger partial charge in [0.25, 0.3) is 0 Å². The molecule has 6 heteroatoms. The van der Waals surface area contributed by atoms with Crippen LogP contribution in [0.25, 0.3) is 0 Å². The van der Waals surface area contributed by atoms with E-state index in [0.29, 0.717) is 48.7 Å². The van der Waals surface area contributed by atoms with E-state index in [0.717, 1.165) is 11.1 Å². The summed E-state index contributed by atoms with van der Waals surface area (Å²) in [6.45, 7) is 6.85. The topological polar surface area (TPSA) is 46.6 Å². The fourth-order valence-corrected chi connectivity index (χ4v) is 4.10. The van der Waals surface area contributed by atoms with Crippen LogP contribution in [0.4, 0.5) is 0 Å². The molecule has 0 N–H and O–H groups in total. The van der Waals surface area contributed by atoms with E-state index in [1.807, 2.05) is 31.7 Å². The average molecular weight is 415 g/mol. The summed E-state index contributed by atoms with van der Waals surface area (Å²) in [7, 11) is 0. The van der Waals surface area contributed by atoms with Crippen molar-refractivity contribution in [3.05, 3.63) is 27.8 Å². The molecule has 1 saturated heterocycles. The lowest BCUT2D eigenvalue weighted by Gasteiger charge is -2.44. The molecule has 2 aliphatic heterocycles. The Labute approximate surface area is 155 Å². The standard InChI is InChI=1S/C18H21BrClNO3/c1-10-8-14-15(11(2)16(10)20)13(22)9-18(24-14)4-6-21(7-5-18)17(23)12(3)19/h8,12H,4-7,9H2,1-3H3. The van der Waals surface area contributed by atoms with Gasteiger partial charge in [0.05, 0.1) is 16.8 Å². The summed E-state index contributed by atoms with van der Waals surface area (Å²) in [5.41, 5.74) is 1.83. The van der Waals surface area contributed by atoms with E-state index in [1.54, 1.807) is 0 Å². The van der Waals surface area contributed by atoms with Crippen molar-refractivity contribution >= 4 is 39.2 Å². The van der Waals surface area contributed by atoms with Gasteiger partial charge in [-0.15, -0.1) is 0 Å². The molecule has 0 bridgehead atoms. The number of fused-ring (bicyclic) bond motifs is 1. The summed E-state index contributed by atoms with van der Waals surface area (Å²) in [5.74, 6) is 0.814. The van der Waals surface area contributed by atoms with Crippen molar-refractivity contribution in [2.24, 2.45) is 0 Å². The Morgan fingerprint density at radius 2 is 2.00 bits per heavy atom. The number of ether oxygens (including phenoxy) is 1. The van der Waals surface area contributed by atoms with Crippen LogP contribution in [0.1, 0.15) is 47.7 Å². The molecule has 0 saturated carbocycles. The first kappa shape index (κ1) is 17.7. The molecule has 130 valence electrons. The smallest absolute Gasteiger partial charge is 0.236 e. The number of benzene rings is 1. The van der Waals surface area contributed by atoms with Crippen LogP contribution in [0.15, 0.2) is 6.07 Å². The Morgan fingerprint density at radius 1 is 1.38 bits per heavy atom. The van der Waals surface area contributed by atoms with Crippen molar-refractivity contribution < 1.29 is 14.3 Å². The van der Waals surface area contributed by atoms with Crippen molar-refractivity contribution in [2.75, 3.05) is 13.1 Å². The number of hydrogen-bond acceptors (Lipinski definition) is 3. The van der Waals surface area contributed by atoms with Crippen molar-refractivity contribution in [1.82, 2.24) is 4.90 Å². The fourth-order valence-electron chi connectivity index (χ4n) is 3.66. The molecule has 0 aromatic heterocycles. The minimum Gasteiger partial charge on any atom is -0.486 e. The van der Waals surface area contributed by atoms with E-state index < -0.39 is 5.60 Å². The molecule has 0 radical (unpaired) electrons. The molecule has 4 nitrogen and oxygen atoms in total. The lowest BCUT2D eigenvalue weighted by Crippen LogP contribution is -2.53. The van der Waals surface area contributed by atoms with Crippen LogP contribution in [0, 0.1) is 13.8 Å². The van der Waals surface area contributed by atoms with E-state index in [2.05, 4.69) is 15.9 Å². The maximum Gasteiger partial charge on any atom is 0.236 e. The molecule has 1 fully saturated rings. The van der Waals surface area contributed by atoms with E-state index >= 15 is 0 Å². The highest BCUT2D eigenvalue weighted by Crippen LogP contribution is 2.43. The first-order valence-corrected chi connectivity index (χ1v) is 9.48. The number of amides is 1. The number of carbonyl (C=O) groups is 2. The zero-order valence-corrected chi connectivity index (χ0v) is 16.5. The minimum atomic E-state index is -0.497. The molecule has 1 amide bonds. The molecule has 3 rings (SSSR count). The molecular formula is C18H21BrClNO3. The molecule has 24 heavy (non-hydrogen) atoms. The van der Waals surface area contributed by atoms with E-state index in [4.69, 9.17) is 16.3 Å². The Balaban J connectivity index is 1.84. The van der Waals surface area contributed by atoms with Gasteiger partial charge in [0.1, 0.15) is 11.4 Å². The van der Waals surface area contributed by atoms with E-state index in [1.165, 1.54) is 0 Å². The average Bonchev–Trinajstić information content (AvgIpc) is 2.52.